The maximum Gasteiger partial charge on any atom is 0.328 e. The maximum atomic E-state index is 11.5. The Hall–Kier alpha value is -2.10. The number of esters is 1. The zero-order chi connectivity index (χ0) is 13.5. The summed E-state index contributed by atoms with van der Waals surface area (Å²) >= 11 is 0. The first-order valence-electron chi connectivity index (χ1n) is 5.66. The normalized spacial score (nSPS) is 12.2. The highest BCUT2D eigenvalue weighted by Gasteiger charge is 2.13. The molecule has 96 valence electrons. The summed E-state index contributed by atoms with van der Waals surface area (Å²) in [6.45, 7) is 3.56. The van der Waals surface area contributed by atoms with E-state index in [4.69, 9.17) is 0 Å². The Balaban J connectivity index is 2.57. The van der Waals surface area contributed by atoms with Crippen LogP contribution in [0.1, 0.15) is 18.1 Å². The lowest BCUT2D eigenvalue weighted by Crippen LogP contribution is -2.38. The van der Waals surface area contributed by atoms with Gasteiger partial charge in [0, 0.05) is 6.08 Å². The van der Waals surface area contributed by atoms with E-state index >= 15 is 0 Å². The van der Waals surface area contributed by atoms with Crippen LogP contribution >= 0.6 is 0 Å². The summed E-state index contributed by atoms with van der Waals surface area (Å²) in [5.74, 6) is -0.790. The first kappa shape index (κ1) is 14.0. The van der Waals surface area contributed by atoms with Crippen LogP contribution in [-0.2, 0) is 14.3 Å². The predicted octanol–water partition coefficient (Wildman–Crippen LogP) is 1.69. The molecule has 0 aliphatic carbocycles. The average molecular weight is 247 g/mol. The van der Waals surface area contributed by atoms with Crippen molar-refractivity contribution in [3.05, 3.63) is 41.5 Å². The Labute approximate surface area is 107 Å². The molecule has 1 N–H and O–H groups in total. The fourth-order valence-corrected chi connectivity index (χ4v) is 1.44. The highest BCUT2D eigenvalue weighted by molar-refractivity contribution is 5.94. The maximum absolute atomic E-state index is 11.5. The molecular weight excluding hydrogens is 230 g/mol. The van der Waals surface area contributed by atoms with Gasteiger partial charge in [0.05, 0.1) is 7.11 Å². The van der Waals surface area contributed by atoms with E-state index in [9.17, 15) is 9.59 Å². The van der Waals surface area contributed by atoms with E-state index in [0.29, 0.717) is 0 Å². The molecule has 1 rings (SSSR count). The molecule has 0 radical (unpaired) electrons. The second kappa shape index (κ2) is 6.59. The van der Waals surface area contributed by atoms with Gasteiger partial charge in [-0.2, -0.15) is 0 Å². The van der Waals surface area contributed by atoms with Gasteiger partial charge in [-0.1, -0.05) is 29.8 Å². The van der Waals surface area contributed by atoms with Gasteiger partial charge in [0.25, 0.3) is 0 Å². The minimum absolute atomic E-state index is 0.325. The molecule has 0 aliphatic heterocycles. The second-order valence-electron chi connectivity index (χ2n) is 4.00. The van der Waals surface area contributed by atoms with Crippen LogP contribution in [0, 0.1) is 6.92 Å². The topological polar surface area (TPSA) is 55.4 Å². The number of benzene rings is 1. The van der Waals surface area contributed by atoms with Crippen LogP contribution in [-0.4, -0.2) is 25.0 Å². The van der Waals surface area contributed by atoms with E-state index in [0.717, 1.165) is 11.1 Å². The third-order valence-electron chi connectivity index (χ3n) is 2.38. The van der Waals surface area contributed by atoms with Gasteiger partial charge in [0.1, 0.15) is 6.04 Å². The van der Waals surface area contributed by atoms with Crippen LogP contribution in [0.3, 0.4) is 0 Å². The molecule has 0 aliphatic rings. The number of nitrogens with one attached hydrogen (secondary N) is 1. The summed E-state index contributed by atoms with van der Waals surface area (Å²) in [5, 5.41) is 2.52. The van der Waals surface area contributed by atoms with Gasteiger partial charge < -0.3 is 10.1 Å². The smallest absolute Gasteiger partial charge is 0.328 e. The van der Waals surface area contributed by atoms with E-state index in [1.807, 2.05) is 31.2 Å². The molecule has 0 aromatic heterocycles. The van der Waals surface area contributed by atoms with Crippen molar-refractivity contribution in [3.63, 3.8) is 0 Å². The zero-order valence-electron chi connectivity index (χ0n) is 10.8. The summed E-state index contributed by atoms with van der Waals surface area (Å²) in [7, 11) is 1.29. The molecule has 0 heterocycles. The molecule has 4 nitrogen and oxygen atoms in total. The summed E-state index contributed by atoms with van der Waals surface area (Å²) in [6.07, 6.45) is 3.10. The van der Waals surface area contributed by atoms with E-state index in [2.05, 4.69) is 10.1 Å². The monoisotopic (exact) mass is 247 g/mol. The first-order chi connectivity index (χ1) is 8.52. The molecule has 4 heteroatoms. The molecule has 0 bridgehead atoms. The predicted molar refractivity (Wildman–Crippen MR) is 69.8 cm³/mol. The van der Waals surface area contributed by atoms with Crippen LogP contribution in [0.25, 0.3) is 6.08 Å². The molecule has 1 aromatic carbocycles. The van der Waals surface area contributed by atoms with Crippen LogP contribution < -0.4 is 5.32 Å². The molecule has 1 aromatic rings. The lowest BCUT2D eigenvalue weighted by atomic mass is 10.1. The van der Waals surface area contributed by atoms with E-state index in [1.54, 1.807) is 13.0 Å². The lowest BCUT2D eigenvalue weighted by Gasteiger charge is -2.09. The number of carbonyl (C=O) groups is 2. The summed E-state index contributed by atoms with van der Waals surface area (Å²) in [6, 6.07) is 7.12. The number of amides is 1. The lowest BCUT2D eigenvalue weighted by molar-refractivity contribution is -0.144. The van der Waals surface area contributed by atoms with Crippen molar-refractivity contribution < 1.29 is 14.3 Å². The number of methoxy groups -OCH3 is 1. The van der Waals surface area contributed by atoms with Crippen LogP contribution in [0.5, 0.6) is 0 Å². The third kappa shape index (κ3) is 4.41. The third-order valence-corrected chi connectivity index (χ3v) is 2.38. The Morgan fingerprint density at radius 3 is 2.72 bits per heavy atom. The van der Waals surface area contributed by atoms with Crippen LogP contribution in [0.2, 0.25) is 0 Å². The largest absolute Gasteiger partial charge is 0.467 e. The van der Waals surface area contributed by atoms with Crippen molar-refractivity contribution in [1.29, 1.82) is 0 Å². The van der Waals surface area contributed by atoms with Gasteiger partial charge in [-0.05, 0) is 25.5 Å². The quantitative estimate of drug-likeness (QED) is 0.650. The minimum atomic E-state index is -0.648. The number of hydrogen-bond acceptors (Lipinski definition) is 3. The van der Waals surface area contributed by atoms with Crippen LogP contribution in [0.15, 0.2) is 30.3 Å². The van der Waals surface area contributed by atoms with Gasteiger partial charge in [-0.25, -0.2) is 4.79 Å². The first-order valence-corrected chi connectivity index (χ1v) is 5.66. The van der Waals surface area contributed by atoms with Crippen molar-refractivity contribution in [2.75, 3.05) is 7.11 Å². The fourth-order valence-electron chi connectivity index (χ4n) is 1.44. The number of aryl methyl sites for hydroxylation is 1. The Kier molecular flexibility index (Phi) is 5.11. The standard InChI is InChI=1S/C14H17NO3/c1-10-5-4-6-12(9-10)7-8-13(16)15-11(2)14(17)18-3/h4-9,11H,1-3H3,(H,15,16)/b8-7+/t11-/m1/s1. The average Bonchev–Trinajstić information content (AvgIpc) is 2.35. The second-order valence-corrected chi connectivity index (χ2v) is 4.00. The summed E-state index contributed by atoms with van der Waals surface area (Å²) in [4.78, 5) is 22.6. The summed E-state index contributed by atoms with van der Waals surface area (Å²) in [5.41, 5.74) is 2.07. The van der Waals surface area contributed by atoms with Crippen LogP contribution in [0.4, 0.5) is 0 Å². The molecule has 1 atom stereocenters. The van der Waals surface area contributed by atoms with Gasteiger partial charge in [-0.3, -0.25) is 4.79 Å². The van der Waals surface area contributed by atoms with Gasteiger partial charge in [-0.15, -0.1) is 0 Å². The highest BCUT2D eigenvalue weighted by atomic mass is 16.5. The number of hydrogen-bond donors (Lipinski definition) is 1. The molecule has 0 unspecified atom stereocenters. The molecule has 0 spiro atoms. The highest BCUT2D eigenvalue weighted by Crippen LogP contribution is 2.05. The van der Waals surface area contributed by atoms with Crippen molar-refractivity contribution >= 4 is 18.0 Å². The molecule has 0 fully saturated rings. The van der Waals surface area contributed by atoms with Gasteiger partial charge in [0.2, 0.25) is 5.91 Å². The molecule has 18 heavy (non-hydrogen) atoms. The Morgan fingerprint density at radius 1 is 1.39 bits per heavy atom. The van der Waals surface area contributed by atoms with E-state index in [-0.39, 0.29) is 5.91 Å². The zero-order valence-corrected chi connectivity index (χ0v) is 10.8. The Morgan fingerprint density at radius 2 is 2.11 bits per heavy atom. The summed E-state index contributed by atoms with van der Waals surface area (Å²) < 4.78 is 4.51. The van der Waals surface area contributed by atoms with Crippen molar-refractivity contribution in [3.8, 4) is 0 Å². The van der Waals surface area contributed by atoms with E-state index < -0.39 is 12.0 Å². The number of carbonyl (C=O) groups excluding carboxylic acids is 2. The van der Waals surface area contributed by atoms with Crippen molar-refractivity contribution in [2.24, 2.45) is 0 Å². The Bertz CT molecular complexity index is 466. The minimum Gasteiger partial charge on any atom is -0.467 e. The molecule has 1 amide bonds. The van der Waals surface area contributed by atoms with E-state index in [1.165, 1.54) is 13.2 Å². The van der Waals surface area contributed by atoms with Gasteiger partial charge >= 0.3 is 5.97 Å². The molecule has 0 saturated heterocycles. The molecular formula is C14H17NO3. The SMILES string of the molecule is COC(=O)[C@@H](C)NC(=O)/C=C/c1cccc(C)c1. The van der Waals surface area contributed by atoms with Crippen molar-refractivity contribution in [2.45, 2.75) is 19.9 Å². The van der Waals surface area contributed by atoms with Gasteiger partial charge in [0.15, 0.2) is 0 Å². The number of rotatable bonds is 4. The number of ether oxygens (including phenoxy) is 1. The fraction of sp³-hybridized carbons (Fsp3) is 0.286. The van der Waals surface area contributed by atoms with Crippen molar-refractivity contribution in [1.82, 2.24) is 5.32 Å². The molecule has 0 saturated carbocycles.